The van der Waals surface area contributed by atoms with Gasteiger partial charge in [0.05, 0.1) is 29.7 Å². The highest BCUT2D eigenvalue weighted by Gasteiger charge is 2.20. The van der Waals surface area contributed by atoms with Crippen LogP contribution in [0, 0.1) is 0 Å². The van der Waals surface area contributed by atoms with E-state index in [1.807, 2.05) is 40.1 Å². The fourth-order valence-electron chi connectivity index (χ4n) is 4.19. The Labute approximate surface area is 201 Å². The van der Waals surface area contributed by atoms with Crippen molar-refractivity contribution < 1.29 is 4.79 Å². The van der Waals surface area contributed by atoms with Crippen LogP contribution < -0.4 is 5.32 Å². The Bertz CT molecular complexity index is 1340. The summed E-state index contributed by atoms with van der Waals surface area (Å²) in [4.78, 5) is 24.1. The summed E-state index contributed by atoms with van der Waals surface area (Å²) < 4.78 is 3.85. The molecule has 4 aromatic heterocycles. The van der Waals surface area contributed by atoms with E-state index >= 15 is 0 Å². The largest absolute Gasteiger partial charge is 0.306 e. The molecule has 0 bridgehead atoms. The average molecular weight is 452 g/mol. The molecule has 0 spiro atoms. The van der Waals surface area contributed by atoms with E-state index in [9.17, 15) is 4.79 Å². The van der Waals surface area contributed by atoms with Crippen molar-refractivity contribution in [2.24, 2.45) is 0 Å². The second-order valence-electron chi connectivity index (χ2n) is 10.0. The minimum absolute atomic E-state index is 0.0996. The molecule has 4 aromatic rings. The number of nitrogens with zero attached hydrogens (tertiary/aromatic N) is 7. The van der Waals surface area contributed by atoms with Crippen LogP contribution in [-0.4, -0.2) is 84.0 Å². The van der Waals surface area contributed by atoms with E-state index in [-0.39, 0.29) is 11.1 Å². The molecule has 1 saturated heterocycles. The van der Waals surface area contributed by atoms with Crippen LogP contribution in [0.2, 0.25) is 0 Å². The van der Waals surface area contributed by atoms with Gasteiger partial charge in [-0.3, -0.25) is 19.1 Å². The minimum atomic E-state index is -0.216. The van der Waals surface area contributed by atoms with Gasteiger partial charge in [-0.2, -0.15) is 10.2 Å². The number of aromatic nitrogens is 6. The lowest BCUT2D eigenvalue weighted by molar-refractivity contribution is 0.102. The lowest BCUT2D eigenvalue weighted by atomic mass is 9.49. The standard InChI is InChI=1S/C22H27B3N8O/c1-31-4-2-18(3-5-31)32-12-17(11-28-32)21(34)30-20-7-14-6-19(26-8-15(14)9-27-20)16-10-29-33(13-16)22(23,24)25/h6-13,18H,2-5,23-25H2,1H3,(H,27,30,34). The number of carbonyl (C=O) groups is 1. The number of carbonyl (C=O) groups excluding carboxylic acids is 1. The lowest BCUT2D eigenvalue weighted by Gasteiger charge is -2.28. The van der Waals surface area contributed by atoms with Crippen molar-refractivity contribution in [3.05, 3.63) is 54.9 Å². The number of hydrogen-bond donors (Lipinski definition) is 1. The predicted octanol–water partition coefficient (Wildman–Crippen LogP) is -0.324. The van der Waals surface area contributed by atoms with Crippen LogP contribution in [0.15, 0.2) is 49.3 Å². The van der Waals surface area contributed by atoms with Crippen molar-refractivity contribution in [2.75, 3.05) is 25.5 Å². The summed E-state index contributed by atoms with van der Waals surface area (Å²) in [5.74, 6) is 0.277. The van der Waals surface area contributed by atoms with Gasteiger partial charge in [-0.1, -0.05) is 0 Å². The molecule has 0 atom stereocenters. The van der Waals surface area contributed by atoms with Gasteiger partial charge in [-0.25, -0.2) is 4.98 Å². The summed E-state index contributed by atoms with van der Waals surface area (Å²) in [5.41, 5.74) is 2.30. The smallest absolute Gasteiger partial charge is 0.260 e. The van der Waals surface area contributed by atoms with E-state index < -0.39 is 0 Å². The first-order valence-corrected chi connectivity index (χ1v) is 11.6. The zero-order chi connectivity index (χ0) is 23.9. The monoisotopic (exact) mass is 452 g/mol. The van der Waals surface area contributed by atoms with Gasteiger partial charge in [0.15, 0.2) is 0 Å². The Hall–Kier alpha value is -3.40. The summed E-state index contributed by atoms with van der Waals surface area (Å²) in [5, 5.41) is 13.6. The topological polar surface area (TPSA) is 93.8 Å². The molecular formula is C22H27B3N8O. The maximum Gasteiger partial charge on any atom is 0.260 e. The van der Waals surface area contributed by atoms with E-state index in [2.05, 4.69) is 61.0 Å². The Morgan fingerprint density at radius 2 is 1.76 bits per heavy atom. The molecule has 0 saturated carbocycles. The van der Waals surface area contributed by atoms with Gasteiger partial charge in [0, 0.05) is 35.7 Å². The number of likely N-dealkylation sites (tertiary alicyclic amines) is 1. The van der Waals surface area contributed by atoms with Crippen molar-refractivity contribution in [1.82, 2.24) is 34.4 Å². The fourth-order valence-corrected chi connectivity index (χ4v) is 4.19. The van der Waals surface area contributed by atoms with Crippen LogP contribution in [0.3, 0.4) is 0 Å². The molecule has 5 heterocycles. The van der Waals surface area contributed by atoms with Gasteiger partial charge in [0.25, 0.3) is 5.91 Å². The number of anilines is 1. The third-order valence-electron chi connectivity index (χ3n) is 6.34. The average Bonchev–Trinajstić information content (AvgIpc) is 3.49. The van der Waals surface area contributed by atoms with Crippen molar-refractivity contribution in [3.8, 4) is 11.3 Å². The molecule has 1 fully saturated rings. The summed E-state index contributed by atoms with van der Waals surface area (Å²) in [6, 6.07) is 4.20. The number of rotatable bonds is 5. The van der Waals surface area contributed by atoms with Crippen LogP contribution >= 0.6 is 0 Å². The highest BCUT2D eigenvalue weighted by molar-refractivity contribution is 6.56. The maximum atomic E-state index is 12.8. The maximum absolute atomic E-state index is 12.8. The summed E-state index contributed by atoms with van der Waals surface area (Å²) in [6.07, 6.45) is 12.9. The molecule has 0 radical (unpaired) electrons. The van der Waals surface area contributed by atoms with Crippen molar-refractivity contribution in [2.45, 2.75) is 24.1 Å². The normalized spacial score (nSPS) is 15.6. The van der Waals surface area contributed by atoms with E-state index in [1.165, 1.54) is 0 Å². The second-order valence-corrected chi connectivity index (χ2v) is 10.0. The molecule has 0 unspecified atom stereocenters. The number of pyridine rings is 2. The Balaban J connectivity index is 1.33. The molecule has 34 heavy (non-hydrogen) atoms. The summed E-state index contributed by atoms with van der Waals surface area (Å²) in [7, 11) is 8.45. The van der Waals surface area contributed by atoms with Gasteiger partial charge < -0.3 is 10.2 Å². The molecule has 1 aliphatic rings. The van der Waals surface area contributed by atoms with Crippen molar-refractivity contribution >= 4 is 46.0 Å². The van der Waals surface area contributed by atoms with Crippen LogP contribution in [0.25, 0.3) is 22.0 Å². The van der Waals surface area contributed by atoms with Crippen LogP contribution in [0.5, 0.6) is 0 Å². The van der Waals surface area contributed by atoms with Gasteiger partial charge in [0.2, 0.25) is 0 Å². The molecule has 0 aliphatic carbocycles. The van der Waals surface area contributed by atoms with Gasteiger partial charge in [0.1, 0.15) is 29.4 Å². The number of nitrogens with one attached hydrogen (secondary N) is 1. The minimum Gasteiger partial charge on any atom is -0.306 e. The van der Waals surface area contributed by atoms with Crippen molar-refractivity contribution in [1.29, 1.82) is 0 Å². The molecule has 0 aromatic carbocycles. The predicted molar refractivity (Wildman–Crippen MR) is 140 cm³/mol. The van der Waals surface area contributed by atoms with Gasteiger partial charge >= 0.3 is 0 Å². The van der Waals surface area contributed by atoms with E-state index in [4.69, 9.17) is 0 Å². The highest BCUT2D eigenvalue weighted by Crippen LogP contribution is 2.24. The van der Waals surface area contributed by atoms with E-state index in [0.29, 0.717) is 17.4 Å². The fraction of sp³-hybridized carbons (Fsp3) is 0.318. The van der Waals surface area contributed by atoms with Crippen LogP contribution in [0.4, 0.5) is 5.82 Å². The second kappa shape index (κ2) is 8.75. The van der Waals surface area contributed by atoms with E-state index in [1.54, 1.807) is 18.6 Å². The molecule has 1 N–H and O–H groups in total. The summed E-state index contributed by atoms with van der Waals surface area (Å²) in [6.45, 7) is 2.09. The number of piperidine rings is 1. The molecule has 170 valence electrons. The third kappa shape index (κ3) is 4.63. The molecular weight excluding hydrogens is 425 g/mol. The van der Waals surface area contributed by atoms with Gasteiger partial charge in [-0.05, 0) is 55.7 Å². The number of fused-ring (bicyclic) bond motifs is 1. The Kier molecular flexibility index (Phi) is 5.77. The van der Waals surface area contributed by atoms with E-state index in [0.717, 1.165) is 48.0 Å². The third-order valence-corrected chi connectivity index (χ3v) is 6.34. The number of amides is 1. The van der Waals surface area contributed by atoms with Gasteiger partial charge in [-0.15, -0.1) is 0 Å². The molecule has 1 amide bonds. The summed E-state index contributed by atoms with van der Waals surface area (Å²) >= 11 is 0. The number of hydrogen-bond acceptors (Lipinski definition) is 6. The molecule has 1 aliphatic heterocycles. The van der Waals surface area contributed by atoms with Crippen molar-refractivity contribution in [3.63, 3.8) is 0 Å². The lowest BCUT2D eigenvalue weighted by Crippen LogP contribution is -2.35. The molecule has 12 heteroatoms. The zero-order valence-corrected chi connectivity index (χ0v) is 20.1. The first-order valence-electron chi connectivity index (χ1n) is 11.6. The quantitative estimate of drug-likeness (QED) is 0.418. The molecule has 9 nitrogen and oxygen atoms in total. The highest BCUT2D eigenvalue weighted by atomic mass is 16.1. The SMILES string of the molecule is BC(B)(B)n1cc(-c2cc3cc(NC(=O)c4cnn(C5CCN(C)CC5)c4)ncc3cn2)cn1. The Morgan fingerprint density at radius 3 is 2.50 bits per heavy atom. The first kappa shape index (κ1) is 22.4. The Morgan fingerprint density at radius 1 is 1.00 bits per heavy atom. The zero-order valence-electron chi connectivity index (χ0n) is 20.1. The van der Waals surface area contributed by atoms with Crippen LogP contribution in [-0.2, 0) is 5.24 Å². The molecule has 5 rings (SSSR count). The first-order chi connectivity index (χ1) is 16.3. The van der Waals surface area contributed by atoms with Crippen LogP contribution in [0.1, 0.15) is 29.2 Å².